The SMILES string of the molecule is COc1ccc(C(=O)Cc2c(Cl)cncc2Cl)cc1O[C@@H]1CC[C@@H](O)C1. The minimum Gasteiger partial charge on any atom is -0.493 e. The molecule has 7 heteroatoms. The van der Waals surface area contributed by atoms with Gasteiger partial charge in [-0.05, 0) is 31.0 Å². The van der Waals surface area contributed by atoms with Crippen LogP contribution in [0.1, 0.15) is 35.2 Å². The maximum atomic E-state index is 12.7. The molecule has 1 aromatic heterocycles. The molecule has 0 radical (unpaired) electrons. The van der Waals surface area contributed by atoms with Gasteiger partial charge in [-0.15, -0.1) is 0 Å². The van der Waals surface area contributed by atoms with Crippen molar-refractivity contribution < 1.29 is 19.4 Å². The highest BCUT2D eigenvalue weighted by Gasteiger charge is 2.25. The van der Waals surface area contributed by atoms with Gasteiger partial charge in [0.15, 0.2) is 17.3 Å². The number of nitrogens with zero attached hydrogens (tertiary/aromatic N) is 1. The van der Waals surface area contributed by atoms with Crippen molar-refractivity contribution in [2.75, 3.05) is 7.11 Å². The number of ketones is 1. The van der Waals surface area contributed by atoms with Crippen LogP contribution in [0.4, 0.5) is 0 Å². The highest BCUT2D eigenvalue weighted by atomic mass is 35.5. The minimum atomic E-state index is -0.341. The zero-order valence-corrected chi connectivity index (χ0v) is 15.8. The number of halogens is 2. The molecule has 0 unspecified atom stereocenters. The molecule has 1 N–H and O–H groups in total. The predicted molar refractivity (Wildman–Crippen MR) is 99.6 cm³/mol. The zero-order valence-electron chi connectivity index (χ0n) is 14.2. The Morgan fingerprint density at radius 1 is 1.23 bits per heavy atom. The second kappa shape index (κ2) is 8.25. The summed E-state index contributed by atoms with van der Waals surface area (Å²) in [6.07, 6.45) is 4.61. The molecule has 2 atom stereocenters. The van der Waals surface area contributed by atoms with E-state index < -0.39 is 0 Å². The van der Waals surface area contributed by atoms with E-state index in [1.807, 2.05) is 0 Å². The van der Waals surface area contributed by atoms with Crippen LogP contribution in [0.2, 0.25) is 10.0 Å². The van der Waals surface area contributed by atoms with Crippen LogP contribution in [-0.2, 0) is 6.42 Å². The van der Waals surface area contributed by atoms with Gasteiger partial charge >= 0.3 is 0 Å². The van der Waals surface area contributed by atoms with Crippen LogP contribution in [0.15, 0.2) is 30.6 Å². The summed E-state index contributed by atoms with van der Waals surface area (Å²) >= 11 is 12.2. The third-order valence-electron chi connectivity index (χ3n) is 4.43. The minimum absolute atomic E-state index is 0.0636. The highest BCUT2D eigenvalue weighted by Crippen LogP contribution is 2.33. The first-order valence-electron chi connectivity index (χ1n) is 8.31. The Labute approximate surface area is 161 Å². The van der Waals surface area contributed by atoms with Gasteiger partial charge in [-0.1, -0.05) is 23.2 Å². The summed E-state index contributed by atoms with van der Waals surface area (Å²) in [5.41, 5.74) is 1.02. The summed E-state index contributed by atoms with van der Waals surface area (Å²) in [5.74, 6) is 0.895. The highest BCUT2D eigenvalue weighted by molar-refractivity contribution is 6.36. The molecule has 0 amide bonds. The molecule has 1 aromatic carbocycles. The Bertz CT molecular complexity index is 792. The van der Waals surface area contributed by atoms with Crippen molar-refractivity contribution in [3.05, 3.63) is 51.8 Å². The summed E-state index contributed by atoms with van der Waals surface area (Å²) in [6.45, 7) is 0. The number of aliphatic hydroxyl groups is 1. The topological polar surface area (TPSA) is 68.7 Å². The number of Topliss-reactive ketones (excluding diaryl/α,β-unsaturated/α-hetero) is 1. The van der Waals surface area contributed by atoms with Crippen LogP contribution >= 0.6 is 23.2 Å². The molecule has 2 aromatic rings. The predicted octanol–water partition coefficient (Wildman–Crippen LogP) is 4.11. The monoisotopic (exact) mass is 395 g/mol. The van der Waals surface area contributed by atoms with Crippen molar-refractivity contribution in [3.63, 3.8) is 0 Å². The Hall–Kier alpha value is -1.82. The molecule has 138 valence electrons. The maximum Gasteiger partial charge on any atom is 0.167 e. The van der Waals surface area contributed by atoms with E-state index >= 15 is 0 Å². The van der Waals surface area contributed by atoms with Gasteiger partial charge in [0.25, 0.3) is 0 Å². The molecule has 0 spiro atoms. The standard InChI is InChI=1S/C19H19Cl2NO4/c1-25-18-5-2-11(6-19(18)26-13-4-3-12(23)7-13)17(24)8-14-15(20)9-22-10-16(14)21/h2,5-6,9-10,12-13,23H,3-4,7-8H2,1H3/t12-,13-/m1/s1. The molecule has 0 aliphatic heterocycles. The quantitative estimate of drug-likeness (QED) is 0.745. The van der Waals surface area contributed by atoms with E-state index in [-0.39, 0.29) is 24.4 Å². The number of methoxy groups -OCH3 is 1. The van der Waals surface area contributed by atoms with Gasteiger partial charge in [-0.2, -0.15) is 0 Å². The number of hydrogen-bond acceptors (Lipinski definition) is 5. The molecule has 1 saturated carbocycles. The Balaban J connectivity index is 1.81. The fourth-order valence-electron chi connectivity index (χ4n) is 3.02. The average Bonchev–Trinajstić information content (AvgIpc) is 3.03. The summed E-state index contributed by atoms with van der Waals surface area (Å²) in [7, 11) is 1.55. The van der Waals surface area contributed by atoms with E-state index in [0.717, 1.165) is 6.42 Å². The first-order valence-corrected chi connectivity index (χ1v) is 9.07. The zero-order chi connectivity index (χ0) is 18.7. The number of pyridine rings is 1. The number of benzene rings is 1. The van der Waals surface area contributed by atoms with Crippen LogP contribution in [0.25, 0.3) is 0 Å². The number of rotatable bonds is 6. The molecule has 1 aliphatic rings. The van der Waals surface area contributed by atoms with Gasteiger partial charge in [-0.3, -0.25) is 9.78 Å². The van der Waals surface area contributed by atoms with Crippen molar-refractivity contribution in [1.82, 2.24) is 4.98 Å². The Morgan fingerprint density at radius 2 is 1.96 bits per heavy atom. The van der Waals surface area contributed by atoms with E-state index in [2.05, 4.69) is 4.98 Å². The van der Waals surface area contributed by atoms with Crippen LogP contribution in [-0.4, -0.2) is 35.2 Å². The number of ether oxygens (including phenoxy) is 2. The fraction of sp³-hybridized carbons (Fsp3) is 0.368. The summed E-state index contributed by atoms with van der Waals surface area (Å²) in [4.78, 5) is 16.6. The molecular weight excluding hydrogens is 377 g/mol. The number of aromatic nitrogens is 1. The fourth-order valence-corrected chi connectivity index (χ4v) is 3.51. The van der Waals surface area contributed by atoms with Crippen molar-refractivity contribution in [1.29, 1.82) is 0 Å². The second-order valence-electron chi connectivity index (χ2n) is 6.25. The van der Waals surface area contributed by atoms with Gasteiger partial charge in [0.2, 0.25) is 0 Å². The van der Waals surface area contributed by atoms with E-state index in [4.69, 9.17) is 32.7 Å². The molecule has 3 rings (SSSR count). The maximum absolute atomic E-state index is 12.7. The normalized spacial score (nSPS) is 19.4. The molecular formula is C19H19Cl2NO4. The molecule has 1 aliphatic carbocycles. The first kappa shape index (κ1) is 19.0. The second-order valence-corrected chi connectivity index (χ2v) is 7.07. The first-order chi connectivity index (χ1) is 12.5. The summed E-state index contributed by atoms with van der Waals surface area (Å²) in [5, 5.41) is 10.4. The average molecular weight is 396 g/mol. The van der Waals surface area contributed by atoms with E-state index in [1.165, 1.54) is 12.4 Å². The molecule has 0 saturated heterocycles. The lowest BCUT2D eigenvalue weighted by molar-refractivity contribution is 0.0991. The molecule has 1 heterocycles. The Kier molecular flexibility index (Phi) is 6.01. The third kappa shape index (κ3) is 4.29. The van der Waals surface area contributed by atoms with E-state index in [1.54, 1.807) is 25.3 Å². The largest absolute Gasteiger partial charge is 0.493 e. The van der Waals surface area contributed by atoms with Gasteiger partial charge < -0.3 is 14.6 Å². The number of hydrogen-bond donors (Lipinski definition) is 1. The van der Waals surface area contributed by atoms with Crippen LogP contribution < -0.4 is 9.47 Å². The van der Waals surface area contributed by atoms with Crippen molar-refractivity contribution in [3.8, 4) is 11.5 Å². The molecule has 26 heavy (non-hydrogen) atoms. The Morgan fingerprint density at radius 3 is 2.58 bits per heavy atom. The van der Waals surface area contributed by atoms with Crippen molar-refractivity contribution in [2.24, 2.45) is 0 Å². The van der Waals surface area contributed by atoms with Gasteiger partial charge in [0.1, 0.15) is 6.10 Å². The van der Waals surface area contributed by atoms with Gasteiger partial charge in [-0.25, -0.2) is 0 Å². The molecule has 5 nitrogen and oxygen atoms in total. The van der Waals surface area contributed by atoms with Crippen molar-refractivity contribution in [2.45, 2.75) is 37.9 Å². The van der Waals surface area contributed by atoms with Crippen LogP contribution in [0.3, 0.4) is 0 Å². The van der Waals surface area contributed by atoms with Crippen LogP contribution in [0.5, 0.6) is 11.5 Å². The van der Waals surface area contributed by atoms with Gasteiger partial charge in [0.05, 0.1) is 23.3 Å². The number of carbonyl (C=O) groups excluding carboxylic acids is 1. The molecule has 0 bridgehead atoms. The third-order valence-corrected chi connectivity index (χ3v) is 5.08. The summed E-state index contributed by atoms with van der Waals surface area (Å²) in [6, 6.07) is 5.04. The van der Waals surface area contributed by atoms with E-state index in [0.29, 0.717) is 45.5 Å². The van der Waals surface area contributed by atoms with Gasteiger partial charge in [0, 0.05) is 36.4 Å². The lowest BCUT2D eigenvalue weighted by Crippen LogP contribution is -2.14. The molecule has 1 fully saturated rings. The smallest absolute Gasteiger partial charge is 0.167 e. The van der Waals surface area contributed by atoms with Crippen LogP contribution in [0, 0.1) is 0 Å². The van der Waals surface area contributed by atoms with Crippen molar-refractivity contribution >= 4 is 29.0 Å². The lowest BCUT2D eigenvalue weighted by atomic mass is 10.0. The summed E-state index contributed by atoms with van der Waals surface area (Å²) < 4.78 is 11.3. The number of aliphatic hydroxyl groups excluding tert-OH is 1. The lowest BCUT2D eigenvalue weighted by Gasteiger charge is -2.17. The van der Waals surface area contributed by atoms with E-state index in [9.17, 15) is 9.90 Å². The number of carbonyl (C=O) groups is 1.